The van der Waals surface area contributed by atoms with Gasteiger partial charge in [0.1, 0.15) is 23.5 Å². The molecule has 1 atom stereocenters. The van der Waals surface area contributed by atoms with Gasteiger partial charge < -0.3 is 20.1 Å². The quantitative estimate of drug-likeness (QED) is 0.665. The molecule has 156 valence electrons. The number of hydrogen-bond acceptors (Lipinski definition) is 7. The number of ether oxygens (including phenoxy) is 2. The van der Waals surface area contributed by atoms with Crippen LogP contribution in [0, 0.1) is 0 Å². The molecule has 0 unspecified atom stereocenters. The number of halogens is 1. The van der Waals surface area contributed by atoms with E-state index >= 15 is 0 Å². The summed E-state index contributed by atoms with van der Waals surface area (Å²) in [6, 6.07) is 7.85. The van der Waals surface area contributed by atoms with Crippen molar-refractivity contribution in [3.8, 4) is 5.75 Å². The van der Waals surface area contributed by atoms with Gasteiger partial charge in [0, 0.05) is 25.9 Å². The Morgan fingerprint density at radius 3 is 2.66 bits per heavy atom. The fraction of sp³-hybridized carbons (Fsp3) is 0.524. The van der Waals surface area contributed by atoms with Gasteiger partial charge in [0.25, 0.3) is 0 Å². The number of hydrogen-bond donors (Lipinski definition) is 2. The van der Waals surface area contributed by atoms with Crippen molar-refractivity contribution in [1.29, 1.82) is 0 Å². The van der Waals surface area contributed by atoms with E-state index in [1.165, 1.54) is 25.9 Å². The molecule has 29 heavy (non-hydrogen) atoms. The van der Waals surface area contributed by atoms with Crippen molar-refractivity contribution in [1.82, 2.24) is 14.9 Å². The monoisotopic (exact) mass is 417 g/mol. The Labute approximate surface area is 176 Å². The van der Waals surface area contributed by atoms with Crippen LogP contribution in [0.25, 0.3) is 0 Å². The third-order valence-corrected chi connectivity index (χ3v) is 5.71. The van der Waals surface area contributed by atoms with Gasteiger partial charge >= 0.3 is 0 Å². The Kier molecular flexibility index (Phi) is 6.69. The molecule has 0 spiro atoms. The van der Waals surface area contributed by atoms with Crippen molar-refractivity contribution in [3.63, 3.8) is 0 Å². The van der Waals surface area contributed by atoms with Crippen LogP contribution < -0.4 is 15.4 Å². The summed E-state index contributed by atoms with van der Waals surface area (Å²) in [5, 5.41) is 6.82. The van der Waals surface area contributed by atoms with Crippen LogP contribution in [0.4, 0.5) is 17.5 Å². The van der Waals surface area contributed by atoms with Crippen molar-refractivity contribution in [2.45, 2.75) is 31.8 Å². The summed E-state index contributed by atoms with van der Waals surface area (Å²) in [6.45, 7) is 4.81. The van der Waals surface area contributed by atoms with E-state index < -0.39 is 0 Å². The molecule has 3 heterocycles. The van der Waals surface area contributed by atoms with Gasteiger partial charge in [-0.3, -0.25) is 4.90 Å². The third kappa shape index (κ3) is 5.10. The van der Waals surface area contributed by atoms with E-state index in [4.69, 9.17) is 21.1 Å². The fourth-order valence-corrected chi connectivity index (χ4v) is 4.06. The highest BCUT2D eigenvalue weighted by Crippen LogP contribution is 2.36. The summed E-state index contributed by atoms with van der Waals surface area (Å²) in [7, 11) is 1.80. The molecule has 0 bridgehead atoms. The van der Waals surface area contributed by atoms with E-state index in [0.29, 0.717) is 23.4 Å². The Balaban J connectivity index is 1.39. The second-order valence-corrected chi connectivity index (χ2v) is 7.77. The SMILES string of the molecule is CNc1nc(Nc2ccc(OCCN3CCCC3)cc2)nc([C@@H]2CCCO2)c1Cl. The highest BCUT2D eigenvalue weighted by Gasteiger charge is 2.25. The predicted octanol–water partition coefficient (Wildman–Crippen LogP) is 4.24. The number of rotatable bonds is 8. The molecule has 8 heteroatoms. The van der Waals surface area contributed by atoms with Crippen molar-refractivity contribution >= 4 is 29.1 Å². The maximum Gasteiger partial charge on any atom is 0.229 e. The zero-order chi connectivity index (χ0) is 20.1. The Bertz CT molecular complexity index is 805. The molecule has 0 amide bonds. The minimum atomic E-state index is -0.0791. The van der Waals surface area contributed by atoms with Gasteiger partial charge in [0.05, 0.1) is 5.69 Å². The Hall–Kier alpha value is -2.09. The number of benzene rings is 1. The number of nitrogens with one attached hydrogen (secondary N) is 2. The van der Waals surface area contributed by atoms with Gasteiger partial charge in [-0.05, 0) is 63.0 Å². The standard InChI is InChI=1S/C21H28ClN5O2/c1-23-20-18(22)19(17-5-4-13-29-17)25-21(26-20)24-15-6-8-16(9-7-15)28-14-12-27-10-2-3-11-27/h6-9,17H,2-5,10-14H2,1H3,(H2,23,24,25,26)/t17-/m0/s1. The average molecular weight is 418 g/mol. The largest absolute Gasteiger partial charge is 0.492 e. The smallest absolute Gasteiger partial charge is 0.229 e. The van der Waals surface area contributed by atoms with Gasteiger partial charge in [-0.1, -0.05) is 11.6 Å². The predicted molar refractivity (Wildman–Crippen MR) is 115 cm³/mol. The molecule has 2 N–H and O–H groups in total. The molecule has 0 radical (unpaired) electrons. The molecule has 1 aromatic carbocycles. The first-order valence-electron chi connectivity index (χ1n) is 10.3. The third-order valence-electron chi connectivity index (χ3n) is 5.33. The maximum atomic E-state index is 6.46. The van der Waals surface area contributed by atoms with Crippen molar-refractivity contribution < 1.29 is 9.47 Å². The molecule has 4 rings (SSSR count). The van der Waals surface area contributed by atoms with Gasteiger partial charge in [0.15, 0.2) is 5.82 Å². The lowest BCUT2D eigenvalue weighted by Gasteiger charge is -2.16. The van der Waals surface area contributed by atoms with E-state index in [-0.39, 0.29) is 6.10 Å². The van der Waals surface area contributed by atoms with Crippen LogP contribution in [-0.2, 0) is 4.74 Å². The molecule has 1 aromatic heterocycles. The molecule has 2 aliphatic rings. The average Bonchev–Trinajstić information content (AvgIpc) is 3.45. The number of anilines is 3. The summed E-state index contributed by atoms with van der Waals surface area (Å²) in [6.07, 6.45) is 4.46. The van der Waals surface area contributed by atoms with Crippen LogP contribution in [0.1, 0.15) is 37.5 Å². The highest BCUT2D eigenvalue weighted by molar-refractivity contribution is 6.33. The number of likely N-dealkylation sites (tertiary alicyclic amines) is 1. The van der Waals surface area contributed by atoms with E-state index in [9.17, 15) is 0 Å². The van der Waals surface area contributed by atoms with E-state index in [2.05, 4.69) is 25.5 Å². The van der Waals surface area contributed by atoms with Gasteiger partial charge in [-0.2, -0.15) is 4.98 Å². The topological polar surface area (TPSA) is 71.5 Å². The van der Waals surface area contributed by atoms with Crippen LogP contribution in [-0.4, -0.2) is 54.8 Å². The Morgan fingerprint density at radius 1 is 1.17 bits per heavy atom. The molecule has 2 fully saturated rings. The normalized spacial score (nSPS) is 19.4. The van der Waals surface area contributed by atoms with Gasteiger partial charge in [-0.25, -0.2) is 4.98 Å². The molecule has 2 aromatic rings. The highest BCUT2D eigenvalue weighted by atomic mass is 35.5. The molecule has 0 aliphatic carbocycles. The van der Waals surface area contributed by atoms with Crippen molar-refractivity contribution in [2.24, 2.45) is 0 Å². The second-order valence-electron chi connectivity index (χ2n) is 7.39. The van der Waals surface area contributed by atoms with Crippen LogP contribution in [0.15, 0.2) is 24.3 Å². The summed E-state index contributed by atoms with van der Waals surface area (Å²) in [5.74, 6) is 1.95. The van der Waals surface area contributed by atoms with Gasteiger partial charge in [0.2, 0.25) is 5.95 Å². The molecule has 0 saturated carbocycles. The lowest BCUT2D eigenvalue weighted by Crippen LogP contribution is -2.25. The number of aromatic nitrogens is 2. The summed E-state index contributed by atoms with van der Waals surface area (Å²) >= 11 is 6.46. The van der Waals surface area contributed by atoms with Crippen molar-refractivity contribution in [2.75, 3.05) is 50.5 Å². The number of nitrogens with zero attached hydrogens (tertiary/aromatic N) is 3. The second kappa shape index (κ2) is 9.61. The molecular weight excluding hydrogens is 390 g/mol. The summed E-state index contributed by atoms with van der Waals surface area (Å²) in [4.78, 5) is 11.5. The van der Waals surface area contributed by atoms with E-state index in [1.54, 1.807) is 7.05 Å². The minimum absolute atomic E-state index is 0.0791. The fourth-order valence-electron chi connectivity index (χ4n) is 3.76. The van der Waals surface area contributed by atoms with Crippen LogP contribution in [0.3, 0.4) is 0 Å². The summed E-state index contributed by atoms with van der Waals surface area (Å²) in [5.41, 5.74) is 1.62. The molecule has 2 saturated heterocycles. The van der Waals surface area contributed by atoms with Crippen LogP contribution in [0.5, 0.6) is 5.75 Å². The van der Waals surface area contributed by atoms with Crippen LogP contribution in [0.2, 0.25) is 5.02 Å². The Morgan fingerprint density at radius 2 is 1.97 bits per heavy atom. The van der Waals surface area contributed by atoms with E-state index in [0.717, 1.165) is 43.1 Å². The van der Waals surface area contributed by atoms with Crippen LogP contribution >= 0.6 is 11.6 Å². The first-order valence-corrected chi connectivity index (χ1v) is 10.7. The zero-order valence-corrected chi connectivity index (χ0v) is 17.5. The van der Waals surface area contributed by atoms with Gasteiger partial charge in [-0.15, -0.1) is 0 Å². The molecule has 2 aliphatic heterocycles. The lowest BCUT2D eigenvalue weighted by atomic mass is 10.2. The van der Waals surface area contributed by atoms with E-state index in [1.807, 2.05) is 24.3 Å². The first kappa shape index (κ1) is 20.2. The minimum Gasteiger partial charge on any atom is -0.492 e. The first-order chi connectivity index (χ1) is 14.2. The molecule has 7 nitrogen and oxygen atoms in total. The lowest BCUT2D eigenvalue weighted by molar-refractivity contribution is 0.109. The molecular formula is C21H28ClN5O2. The maximum absolute atomic E-state index is 6.46. The van der Waals surface area contributed by atoms with Crippen molar-refractivity contribution in [3.05, 3.63) is 35.0 Å². The zero-order valence-electron chi connectivity index (χ0n) is 16.8. The summed E-state index contributed by atoms with van der Waals surface area (Å²) < 4.78 is 11.6.